The molecule has 6 nitrogen and oxygen atoms in total. The summed E-state index contributed by atoms with van der Waals surface area (Å²) in [7, 11) is -1.29. The molecule has 1 aliphatic carbocycles. The lowest BCUT2D eigenvalue weighted by atomic mass is 10.0. The highest BCUT2D eigenvalue weighted by molar-refractivity contribution is 14.0. The zero-order valence-electron chi connectivity index (χ0n) is 17.0. The van der Waals surface area contributed by atoms with E-state index < -0.39 is 10.0 Å². The van der Waals surface area contributed by atoms with E-state index in [1.165, 1.54) is 11.1 Å². The molecule has 8 heteroatoms. The third-order valence-electron chi connectivity index (χ3n) is 5.57. The minimum Gasteiger partial charge on any atom is -0.354 e. The second-order valence-corrected chi connectivity index (χ2v) is 9.74. The van der Waals surface area contributed by atoms with Gasteiger partial charge in [0.1, 0.15) is 0 Å². The number of nitrogens with zero attached hydrogens (tertiary/aromatic N) is 2. The summed E-state index contributed by atoms with van der Waals surface area (Å²) >= 11 is 0. The van der Waals surface area contributed by atoms with Crippen molar-refractivity contribution in [3.63, 3.8) is 0 Å². The molecule has 1 aromatic rings. The molecule has 1 aliphatic heterocycles. The summed E-state index contributed by atoms with van der Waals surface area (Å²) in [5.41, 5.74) is 2.76. The minimum atomic E-state index is -3.08. The monoisotopic (exact) mass is 520 g/mol. The average Bonchev–Trinajstić information content (AvgIpc) is 3.41. The summed E-state index contributed by atoms with van der Waals surface area (Å²) < 4.78 is 26.0. The Morgan fingerprint density at radius 3 is 2.50 bits per heavy atom. The zero-order valence-corrected chi connectivity index (χ0v) is 20.2. The second-order valence-electron chi connectivity index (χ2n) is 7.66. The molecule has 0 bridgehead atoms. The number of hydrogen-bond acceptors (Lipinski definition) is 3. The molecule has 2 unspecified atom stereocenters. The summed E-state index contributed by atoms with van der Waals surface area (Å²) in [5, 5.41) is 7.02. The van der Waals surface area contributed by atoms with E-state index in [1.807, 2.05) is 6.92 Å². The van der Waals surface area contributed by atoms with Crippen molar-refractivity contribution in [1.82, 2.24) is 14.9 Å². The number of sulfonamides is 1. The van der Waals surface area contributed by atoms with E-state index >= 15 is 0 Å². The van der Waals surface area contributed by atoms with E-state index in [2.05, 4.69) is 46.8 Å². The Hall–Kier alpha value is -0.870. The molecular formula is C20H33IN4O2S. The van der Waals surface area contributed by atoms with Gasteiger partial charge in [-0.1, -0.05) is 31.2 Å². The van der Waals surface area contributed by atoms with Crippen molar-refractivity contribution in [2.45, 2.75) is 57.5 Å². The number of nitrogens with one attached hydrogen (secondary N) is 2. The molecule has 1 aromatic carbocycles. The van der Waals surface area contributed by atoms with Crippen molar-refractivity contribution in [2.75, 3.05) is 25.9 Å². The Morgan fingerprint density at radius 2 is 1.89 bits per heavy atom. The number of rotatable bonds is 6. The van der Waals surface area contributed by atoms with Crippen LogP contribution in [0, 0.1) is 6.92 Å². The minimum absolute atomic E-state index is 0. The topological polar surface area (TPSA) is 73.8 Å². The Kier molecular flexibility index (Phi) is 8.57. The standard InChI is InChI=1S/C20H32N4O2S.HI/c1-4-13-27(25,26)24-11-9-16(10-12-24)22-20(21-3)23-19-14-18(19)17-8-6-5-7-15(17)2;/h5-8,16,18-19H,4,9-14H2,1-3H3,(H2,21,22,23);1H. The largest absolute Gasteiger partial charge is 0.354 e. The maximum atomic E-state index is 12.2. The van der Waals surface area contributed by atoms with Crippen molar-refractivity contribution in [2.24, 2.45) is 4.99 Å². The van der Waals surface area contributed by atoms with Crippen molar-refractivity contribution < 1.29 is 8.42 Å². The Labute approximate surface area is 186 Å². The predicted molar refractivity (Wildman–Crippen MR) is 126 cm³/mol. The molecule has 0 amide bonds. The van der Waals surface area contributed by atoms with Crippen LogP contribution in [-0.2, 0) is 10.0 Å². The molecule has 2 atom stereocenters. The molecule has 1 saturated heterocycles. The zero-order chi connectivity index (χ0) is 19.4. The normalized spacial score (nSPS) is 23.8. The van der Waals surface area contributed by atoms with E-state index in [4.69, 9.17) is 0 Å². The van der Waals surface area contributed by atoms with Crippen molar-refractivity contribution >= 4 is 40.0 Å². The number of aliphatic imine (C=N–C) groups is 1. The van der Waals surface area contributed by atoms with Gasteiger partial charge < -0.3 is 10.6 Å². The number of halogens is 1. The first-order valence-corrected chi connectivity index (χ1v) is 11.6. The fourth-order valence-electron chi connectivity index (χ4n) is 3.91. The summed E-state index contributed by atoms with van der Waals surface area (Å²) in [5.74, 6) is 1.62. The SMILES string of the molecule is CCCS(=O)(=O)N1CCC(NC(=NC)NC2CC2c2ccccc2C)CC1.I. The van der Waals surface area contributed by atoms with Crippen LogP contribution in [0.3, 0.4) is 0 Å². The third kappa shape index (κ3) is 5.82. The van der Waals surface area contributed by atoms with Gasteiger partial charge in [0, 0.05) is 38.1 Å². The van der Waals surface area contributed by atoms with Crippen molar-refractivity contribution in [1.29, 1.82) is 0 Å². The molecule has 158 valence electrons. The van der Waals surface area contributed by atoms with Gasteiger partial charge in [-0.05, 0) is 43.7 Å². The molecule has 3 rings (SSSR count). The van der Waals surface area contributed by atoms with Crippen LogP contribution in [0.4, 0.5) is 0 Å². The van der Waals surface area contributed by atoms with Gasteiger partial charge in [0.25, 0.3) is 0 Å². The molecule has 1 saturated carbocycles. The van der Waals surface area contributed by atoms with Crippen LogP contribution < -0.4 is 10.6 Å². The second kappa shape index (κ2) is 10.2. The molecule has 2 N–H and O–H groups in total. The van der Waals surface area contributed by atoms with E-state index in [1.54, 1.807) is 11.4 Å². The Bertz CT molecular complexity index is 776. The number of aryl methyl sites for hydroxylation is 1. The highest BCUT2D eigenvalue weighted by atomic mass is 127. The lowest BCUT2D eigenvalue weighted by Crippen LogP contribution is -2.50. The van der Waals surface area contributed by atoms with Crippen LogP contribution in [0.1, 0.15) is 49.7 Å². The first-order valence-electron chi connectivity index (χ1n) is 9.97. The molecule has 28 heavy (non-hydrogen) atoms. The molecule has 2 aliphatic rings. The number of piperidine rings is 1. The van der Waals surface area contributed by atoms with Gasteiger partial charge in [-0.15, -0.1) is 24.0 Å². The van der Waals surface area contributed by atoms with Gasteiger partial charge in [0.2, 0.25) is 10.0 Å². The third-order valence-corrected chi connectivity index (χ3v) is 7.65. The molecule has 0 spiro atoms. The van der Waals surface area contributed by atoms with Crippen LogP contribution in [-0.4, -0.2) is 56.7 Å². The first-order chi connectivity index (χ1) is 12.9. The summed E-state index contributed by atoms with van der Waals surface area (Å²) in [4.78, 5) is 4.37. The predicted octanol–water partition coefficient (Wildman–Crippen LogP) is 2.84. The van der Waals surface area contributed by atoms with Crippen LogP contribution in [0.5, 0.6) is 0 Å². The molecule has 1 heterocycles. The van der Waals surface area contributed by atoms with Crippen molar-refractivity contribution in [3.8, 4) is 0 Å². The van der Waals surface area contributed by atoms with Crippen LogP contribution in [0.25, 0.3) is 0 Å². The highest BCUT2D eigenvalue weighted by Crippen LogP contribution is 2.42. The quantitative estimate of drug-likeness (QED) is 0.344. The molecular weight excluding hydrogens is 487 g/mol. The van der Waals surface area contributed by atoms with Crippen LogP contribution in [0.15, 0.2) is 29.3 Å². The van der Waals surface area contributed by atoms with Gasteiger partial charge in [0.05, 0.1) is 5.75 Å². The summed E-state index contributed by atoms with van der Waals surface area (Å²) in [6.07, 6.45) is 3.42. The highest BCUT2D eigenvalue weighted by Gasteiger charge is 2.40. The Balaban J connectivity index is 0.00000280. The smallest absolute Gasteiger partial charge is 0.214 e. The molecule has 2 fully saturated rings. The maximum absolute atomic E-state index is 12.2. The maximum Gasteiger partial charge on any atom is 0.214 e. The summed E-state index contributed by atoms with van der Waals surface area (Å²) in [6.45, 7) is 5.25. The van der Waals surface area contributed by atoms with E-state index in [-0.39, 0.29) is 35.8 Å². The molecule has 0 aromatic heterocycles. The van der Waals surface area contributed by atoms with Gasteiger partial charge in [0.15, 0.2) is 5.96 Å². The van der Waals surface area contributed by atoms with Crippen LogP contribution >= 0.6 is 24.0 Å². The van der Waals surface area contributed by atoms with E-state index in [0.717, 1.165) is 25.2 Å². The average molecular weight is 520 g/mol. The number of hydrogen-bond donors (Lipinski definition) is 2. The van der Waals surface area contributed by atoms with Crippen molar-refractivity contribution in [3.05, 3.63) is 35.4 Å². The lowest BCUT2D eigenvalue weighted by molar-refractivity contribution is 0.306. The van der Waals surface area contributed by atoms with E-state index in [0.29, 0.717) is 31.5 Å². The molecule has 0 radical (unpaired) electrons. The van der Waals surface area contributed by atoms with Gasteiger partial charge in [-0.2, -0.15) is 0 Å². The van der Waals surface area contributed by atoms with Gasteiger partial charge in [-0.25, -0.2) is 12.7 Å². The Morgan fingerprint density at radius 1 is 1.21 bits per heavy atom. The fourth-order valence-corrected chi connectivity index (χ4v) is 5.45. The lowest BCUT2D eigenvalue weighted by Gasteiger charge is -2.32. The summed E-state index contributed by atoms with van der Waals surface area (Å²) in [6, 6.07) is 9.24. The number of guanidine groups is 1. The van der Waals surface area contributed by atoms with Gasteiger partial charge >= 0.3 is 0 Å². The fraction of sp³-hybridized carbons (Fsp3) is 0.650. The van der Waals surface area contributed by atoms with Crippen LogP contribution in [0.2, 0.25) is 0 Å². The van der Waals surface area contributed by atoms with Gasteiger partial charge in [-0.3, -0.25) is 4.99 Å². The number of benzene rings is 1. The van der Waals surface area contributed by atoms with E-state index in [9.17, 15) is 8.42 Å². The first kappa shape index (κ1) is 23.4.